The molecule has 0 bridgehead atoms. The van der Waals surface area contributed by atoms with Crippen LogP contribution in [0.2, 0.25) is 0 Å². The van der Waals surface area contributed by atoms with Crippen molar-refractivity contribution in [2.75, 3.05) is 0 Å². The first-order valence-electron chi connectivity index (χ1n) is 2.37. The van der Waals surface area contributed by atoms with Crippen LogP contribution in [0.4, 0.5) is 0 Å². The summed E-state index contributed by atoms with van der Waals surface area (Å²) in [4.78, 5) is 0. The van der Waals surface area contributed by atoms with Gasteiger partial charge in [0.25, 0.3) is 0 Å². The monoisotopic (exact) mass is 346 g/mol. The average molecular weight is 346 g/mol. The molecule has 0 N–H and O–H groups in total. The molecular formula is C6H4I2O. The maximum atomic E-state index is 4.96. The van der Waals surface area contributed by atoms with E-state index < -0.39 is 0 Å². The third-order valence-corrected chi connectivity index (χ3v) is 2.06. The average Bonchev–Trinajstić information content (AvgIpc) is 1.88. The summed E-state index contributed by atoms with van der Waals surface area (Å²) in [5, 5.41) is 0. The Kier molecular flexibility index (Phi) is 3.03. The van der Waals surface area contributed by atoms with Crippen molar-refractivity contribution in [1.82, 2.24) is 0 Å². The third kappa shape index (κ3) is 2.29. The summed E-state index contributed by atoms with van der Waals surface area (Å²) in [6.45, 7) is 0. The predicted molar refractivity (Wildman–Crippen MR) is 53.8 cm³/mol. The number of hydrogen-bond donors (Lipinski definition) is 0. The molecule has 0 aromatic heterocycles. The second-order valence-corrected chi connectivity index (χ2v) is 3.22. The van der Waals surface area contributed by atoms with E-state index in [4.69, 9.17) is 3.07 Å². The molecule has 0 aliphatic carbocycles. The number of halogens is 2. The molecule has 1 aromatic carbocycles. The van der Waals surface area contributed by atoms with E-state index in [0.717, 1.165) is 5.75 Å². The van der Waals surface area contributed by atoms with E-state index in [1.807, 2.05) is 47.3 Å². The number of benzene rings is 1. The van der Waals surface area contributed by atoms with Crippen molar-refractivity contribution < 1.29 is 3.07 Å². The summed E-state index contributed by atoms with van der Waals surface area (Å²) < 4.78 is 6.16. The van der Waals surface area contributed by atoms with Crippen molar-refractivity contribution in [2.24, 2.45) is 0 Å². The van der Waals surface area contributed by atoms with Gasteiger partial charge in [-0.1, -0.05) is 6.07 Å². The van der Waals surface area contributed by atoms with E-state index in [1.165, 1.54) is 3.57 Å². The highest BCUT2D eigenvalue weighted by Gasteiger charge is 1.89. The second kappa shape index (κ2) is 3.60. The van der Waals surface area contributed by atoms with Crippen LogP contribution < -0.4 is 3.07 Å². The molecule has 0 aliphatic heterocycles. The molecule has 0 heterocycles. The Bertz CT molecular complexity index is 200. The van der Waals surface area contributed by atoms with Crippen LogP contribution in [-0.2, 0) is 0 Å². The first-order chi connectivity index (χ1) is 4.33. The van der Waals surface area contributed by atoms with Crippen LogP contribution in [-0.4, -0.2) is 0 Å². The van der Waals surface area contributed by atoms with Gasteiger partial charge in [-0.2, -0.15) is 0 Å². The smallest absolute Gasteiger partial charge is 0.192 e. The summed E-state index contributed by atoms with van der Waals surface area (Å²) in [5.41, 5.74) is 0. The van der Waals surface area contributed by atoms with E-state index in [1.54, 1.807) is 0 Å². The Balaban J connectivity index is 2.94. The normalized spacial score (nSPS) is 9.11. The van der Waals surface area contributed by atoms with Gasteiger partial charge in [0.05, 0.1) is 0 Å². The predicted octanol–water partition coefficient (Wildman–Crippen LogP) is 3.02. The summed E-state index contributed by atoms with van der Waals surface area (Å²) in [6, 6.07) is 7.90. The lowest BCUT2D eigenvalue weighted by molar-refractivity contribution is 0.716. The standard InChI is InChI=1S/C6H4I2O/c7-5-2-1-3-6(4-5)9-8/h1-4H. The second-order valence-electron chi connectivity index (χ2n) is 1.53. The van der Waals surface area contributed by atoms with Crippen LogP contribution in [0.5, 0.6) is 5.75 Å². The maximum Gasteiger partial charge on any atom is 0.192 e. The summed E-state index contributed by atoms with van der Waals surface area (Å²) in [7, 11) is 0. The molecule has 0 saturated heterocycles. The molecule has 1 nitrogen and oxygen atoms in total. The van der Waals surface area contributed by atoms with E-state index >= 15 is 0 Å². The number of hydrogen-bond acceptors (Lipinski definition) is 1. The van der Waals surface area contributed by atoms with E-state index in [-0.39, 0.29) is 0 Å². The minimum absolute atomic E-state index is 0.905. The Morgan fingerprint density at radius 3 is 2.56 bits per heavy atom. The fraction of sp³-hybridized carbons (Fsp3) is 0. The quantitative estimate of drug-likeness (QED) is 0.711. The van der Waals surface area contributed by atoms with Crippen LogP contribution in [0.3, 0.4) is 0 Å². The Morgan fingerprint density at radius 2 is 2.11 bits per heavy atom. The zero-order valence-corrected chi connectivity index (χ0v) is 8.79. The van der Waals surface area contributed by atoms with Crippen molar-refractivity contribution >= 4 is 45.6 Å². The molecule has 0 fully saturated rings. The van der Waals surface area contributed by atoms with Crippen LogP contribution in [0.15, 0.2) is 24.3 Å². The van der Waals surface area contributed by atoms with Crippen molar-refractivity contribution in [3.05, 3.63) is 27.8 Å². The molecule has 0 atom stereocenters. The molecule has 1 aromatic rings. The molecule has 0 spiro atoms. The van der Waals surface area contributed by atoms with Crippen molar-refractivity contribution in [3.8, 4) is 5.75 Å². The third-order valence-electron chi connectivity index (χ3n) is 0.885. The molecular weight excluding hydrogens is 342 g/mol. The maximum absolute atomic E-state index is 4.96. The van der Waals surface area contributed by atoms with E-state index in [9.17, 15) is 0 Å². The fourth-order valence-corrected chi connectivity index (χ4v) is 1.30. The van der Waals surface area contributed by atoms with Crippen LogP contribution in [0.25, 0.3) is 0 Å². The zero-order chi connectivity index (χ0) is 6.69. The molecule has 3 heteroatoms. The molecule has 1 rings (SSSR count). The van der Waals surface area contributed by atoms with Crippen LogP contribution in [0, 0.1) is 3.57 Å². The van der Waals surface area contributed by atoms with Crippen molar-refractivity contribution in [2.45, 2.75) is 0 Å². The largest absolute Gasteiger partial charge is 0.428 e. The van der Waals surface area contributed by atoms with Crippen LogP contribution in [0.1, 0.15) is 0 Å². The summed E-state index contributed by atoms with van der Waals surface area (Å²) >= 11 is 4.11. The fourth-order valence-electron chi connectivity index (χ4n) is 0.515. The Hall–Kier alpha value is 0.480. The first kappa shape index (κ1) is 7.59. The van der Waals surface area contributed by atoms with Crippen molar-refractivity contribution in [1.29, 1.82) is 0 Å². The molecule has 0 unspecified atom stereocenters. The van der Waals surface area contributed by atoms with Gasteiger partial charge >= 0.3 is 0 Å². The van der Waals surface area contributed by atoms with Crippen LogP contribution >= 0.6 is 45.6 Å². The van der Waals surface area contributed by atoms with Gasteiger partial charge in [-0.05, 0) is 40.8 Å². The molecule has 0 aliphatic rings. The van der Waals surface area contributed by atoms with Crippen molar-refractivity contribution in [3.63, 3.8) is 0 Å². The highest BCUT2D eigenvalue weighted by atomic mass is 127. The highest BCUT2D eigenvalue weighted by molar-refractivity contribution is 14.1. The molecule has 9 heavy (non-hydrogen) atoms. The van der Waals surface area contributed by atoms with Gasteiger partial charge in [0, 0.05) is 3.57 Å². The molecule has 0 saturated carbocycles. The van der Waals surface area contributed by atoms with Gasteiger partial charge in [0.1, 0.15) is 5.75 Å². The zero-order valence-electron chi connectivity index (χ0n) is 4.47. The molecule has 0 amide bonds. The van der Waals surface area contributed by atoms with Gasteiger partial charge in [0.2, 0.25) is 0 Å². The summed E-state index contributed by atoms with van der Waals surface area (Å²) in [5.74, 6) is 0.905. The minimum Gasteiger partial charge on any atom is -0.428 e. The Morgan fingerprint density at radius 1 is 1.33 bits per heavy atom. The topological polar surface area (TPSA) is 9.23 Å². The molecule has 0 radical (unpaired) electrons. The lowest BCUT2D eigenvalue weighted by atomic mass is 10.3. The van der Waals surface area contributed by atoms with Gasteiger partial charge in [-0.15, -0.1) is 0 Å². The lowest BCUT2D eigenvalue weighted by Crippen LogP contribution is -1.73. The van der Waals surface area contributed by atoms with Gasteiger partial charge < -0.3 is 3.07 Å². The van der Waals surface area contributed by atoms with E-state index in [0.29, 0.717) is 0 Å². The van der Waals surface area contributed by atoms with Gasteiger partial charge in [-0.25, -0.2) is 0 Å². The van der Waals surface area contributed by atoms with Gasteiger partial charge in [-0.3, -0.25) is 0 Å². The van der Waals surface area contributed by atoms with Gasteiger partial charge in [0.15, 0.2) is 23.0 Å². The molecule has 48 valence electrons. The highest BCUT2D eigenvalue weighted by Crippen LogP contribution is 2.16. The summed E-state index contributed by atoms with van der Waals surface area (Å²) in [6.07, 6.45) is 0. The Labute approximate surface area is 81.6 Å². The first-order valence-corrected chi connectivity index (χ1v) is 4.33. The minimum atomic E-state index is 0.905. The SMILES string of the molecule is IOc1cccc(I)c1. The van der Waals surface area contributed by atoms with E-state index in [2.05, 4.69) is 22.6 Å². The lowest BCUT2D eigenvalue weighted by Gasteiger charge is -1.94. The number of rotatable bonds is 1.